The number of morpholine rings is 1. The molecule has 0 unspecified atom stereocenters. The molecule has 1 amide bonds. The second-order valence-electron chi connectivity index (χ2n) is 10.9. The standard InChI is InChI=1S/C26H37FN2O3/c1-4-5-22(30)28-24-25(2,3)18-15-19-23(32-11-8-26(19,24)16-18)17-6-7-21(20(27)14-17)29-9-12-31-13-10-29/h6-7,14,18-19,23-24H,4-5,8-13,15-16H2,1-3H3,(H,28,30)/t18-,19-,23-,24+,26-/m1/s1. The van der Waals surface area contributed by atoms with Crippen LogP contribution in [0.3, 0.4) is 0 Å². The summed E-state index contributed by atoms with van der Waals surface area (Å²) < 4.78 is 26.9. The number of fused-ring (bicyclic) bond motifs is 1. The molecule has 5 rings (SSSR count). The Bertz CT molecular complexity index is 869. The van der Waals surface area contributed by atoms with E-state index in [9.17, 15) is 4.79 Å². The van der Waals surface area contributed by atoms with Crippen molar-refractivity contribution >= 4 is 11.6 Å². The van der Waals surface area contributed by atoms with Gasteiger partial charge in [-0.15, -0.1) is 0 Å². The number of anilines is 1. The summed E-state index contributed by atoms with van der Waals surface area (Å²) in [5.74, 6) is 0.857. The number of amides is 1. The zero-order valence-electron chi connectivity index (χ0n) is 19.7. The van der Waals surface area contributed by atoms with Gasteiger partial charge in [-0.25, -0.2) is 4.39 Å². The van der Waals surface area contributed by atoms with Crippen LogP contribution in [0.5, 0.6) is 0 Å². The van der Waals surface area contributed by atoms with E-state index < -0.39 is 0 Å². The molecule has 4 aliphatic rings. The van der Waals surface area contributed by atoms with Crippen molar-refractivity contribution in [3.05, 3.63) is 29.6 Å². The van der Waals surface area contributed by atoms with Gasteiger partial charge in [-0.05, 0) is 66.0 Å². The largest absolute Gasteiger partial charge is 0.378 e. The van der Waals surface area contributed by atoms with Gasteiger partial charge < -0.3 is 19.7 Å². The molecule has 32 heavy (non-hydrogen) atoms. The Labute approximate surface area is 191 Å². The predicted octanol–water partition coefficient (Wildman–Crippen LogP) is 4.46. The third-order valence-corrected chi connectivity index (χ3v) is 8.94. The lowest BCUT2D eigenvalue weighted by Crippen LogP contribution is -2.58. The summed E-state index contributed by atoms with van der Waals surface area (Å²) >= 11 is 0. The van der Waals surface area contributed by atoms with Gasteiger partial charge >= 0.3 is 0 Å². The Kier molecular flexibility index (Phi) is 5.73. The zero-order chi connectivity index (χ0) is 22.5. The van der Waals surface area contributed by atoms with E-state index in [1.807, 2.05) is 13.0 Å². The molecular formula is C26H37FN2O3. The van der Waals surface area contributed by atoms with Crippen molar-refractivity contribution in [2.24, 2.45) is 22.7 Å². The molecule has 1 aromatic carbocycles. The minimum Gasteiger partial charge on any atom is -0.378 e. The van der Waals surface area contributed by atoms with Crippen LogP contribution in [0.15, 0.2) is 18.2 Å². The Morgan fingerprint density at radius 2 is 2.03 bits per heavy atom. The lowest BCUT2D eigenvalue weighted by Gasteiger charge is -2.53. The van der Waals surface area contributed by atoms with Crippen molar-refractivity contribution in [3.63, 3.8) is 0 Å². The fourth-order valence-electron chi connectivity index (χ4n) is 7.34. The first-order chi connectivity index (χ1) is 15.4. The lowest BCUT2D eigenvalue weighted by molar-refractivity contribution is -0.137. The molecule has 2 aliphatic carbocycles. The van der Waals surface area contributed by atoms with Crippen LogP contribution in [-0.4, -0.2) is 44.9 Å². The third-order valence-electron chi connectivity index (χ3n) is 8.94. The maximum Gasteiger partial charge on any atom is 0.220 e. The van der Waals surface area contributed by atoms with E-state index in [0.717, 1.165) is 44.3 Å². The summed E-state index contributed by atoms with van der Waals surface area (Å²) in [6.45, 7) is 10.1. The van der Waals surface area contributed by atoms with E-state index in [0.29, 0.717) is 43.8 Å². The molecule has 2 heterocycles. The van der Waals surface area contributed by atoms with Crippen molar-refractivity contribution in [2.75, 3.05) is 37.8 Å². The fraction of sp³-hybridized carbons (Fsp3) is 0.731. The lowest BCUT2D eigenvalue weighted by atomic mass is 9.59. The molecule has 1 spiro atoms. The van der Waals surface area contributed by atoms with Gasteiger partial charge in [0.25, 0.3) is 0 Å². The highest BCUT2D eigenvalue weighted by Crippen LogP contribution is 2.70. The quantitative estimate of drug-likeness (QED) is 0.729. The molecule has 2 bridgehead atoms. The molecule has 1 aromatic rings. The van der Waals surface area contributed by atoms with Crippen molar-refractivity contribution in [1.82, 2.24) is 5.32 Å². The molecular weight excluding hydrogens is 407 g/mol. The van der Waals surface area contributed by atoms with Crippen molar-refractivity contribution in [1.29, 1.82) is 0 Å². The number of nitrogens with zero attached hydrogens (tertiary/aromatic N) is 1. The van der Waals surface area contributed by atoms with E-state index in [1.54, 1.807) is 6.07 Å². The fourth-order valence-corrected chi connectivity index (χ4v) is 7.34. The van der Waals surface area contributed by atoms with Crippen molar-refractivity contribution < 1.29 is 18.7 Å². The van der Waals surface area contributed by atoms with E-state index >= 15 is 4.39 Å². The molecule has 1 N–H and O–H groups in total. The Hall–Kier alpha value is -1.66. The topological polar surface area (TPSA) is 50.8 Å². The van der Waals surface area contributed by atoms with Crippen LogP contribution < -0.4 is 10.2 Å². The van der Waals surface area contributed by atoms with Crippen LogP contribution >= 0.6 is 0 Å². The van der Waals surface area contributed by atoms with E-state index in [1.165, 1.54) is 0 Å². The van der Waals surface area contributed by atoms with Gasteiger partial charge in [0.1, 0.15) is 5.82 Å². The minimum atomic E-state index is -0.177. The van der Waals surface area contributed by atoms with Crippen LogP contribution in [0.4, 0.5) is 10.1 Å². The SMILES string of the molecule is CCCC(=O)N[C@H]1C(C)(C)[C@@H]2C[C@@H]3[C@@H](c4ccc(N5CCOCC5)c(F)c4)OCC[C@@]31C2. The van der Waals surface area contributed by atoms with Gasteiger partial charge in [-0.3, -0.25) is 4.79 Å². The average molecular weight is 445 g/mol. The molecule has 2 aliphatic heterocycles. The molecule has 2 saturated heterocycles. The smallest absolute Gasteiger partial charge is 0.220 e. The Balaban J connectivity index is 1.42. The highest BCUT2D eigenvalue weighted by atomic mass is 19.1. The number of carbonyl (C=O) groups excluding carboxylic acids is 1. The average Bonchev–Trinajstić information content (AvgIpc) is 3.27. The molecule has 5 nitrogen and oxygen atoms in total. The number of ether oxygens (including phenoxy) is 2. The molecule has 4 fully saturated rings. The number of benzene rings is 1. The van der Waals surface area contributed by atoms with Gasteiger partial charge in [0.2, 0.25) is 5.91 Å². The first-order valence-electron chi connectivity index (χ1n) is 12.4. The molecule has 2 saturated carbocycles. The van der Waals surface area contributed by atoms with Gasteiger partial charge in [0.15, 0.2) is 0 Å². The van der Waals surface area contributed by atoms with Gasteiger partial charge in [0, 0.05) is 32.2 Å². The summed E-state index contributed by atoms with van der Waals surface area (Å²) in [6, 6.07) is 5.81. The predicted molar refractivity (Wildman–Crippen MR) is 122 cm³/mol. The zero-order valence-corrected chi connectivity index (χ0v) is 19.7. The maximum atomic E-state index is 15.2. The summed E-state index contributed by atoms with van der Waals surface area (Å²) in [5, 5.41) is 3.44. The second kappa shape index (κ2) is 8.28. The Morgan fingerprint density at radius 1 is 1.25 bits per heavy atom. The number of carbonyl (C=O) groups is 1. The van der Waals surface area contributed by atoms with E-state index in [2.05, 4.69) is 30.1 Å². The van der Waals surface area contributed by atoms with E-state index in [4.69, 9.17) is 9.47 Å². The number of halogens is 1. The summed E-state index contributed by atoms with van der Waals surface area (Å²) in [5.41, 5.74) is 1.71. The highest BCUT2D eigenvalue weighted by molar-refractivity contribution is 5.76. The summed E-state index contributed by atoms with van der Waals surface area (Å²) in [6.07, 6.45) is 4.52. The molecule has 0 radical (unpaired) electrons. The molecule has 6 heteroatoms. The van der Waals surface area contributed by atoms with E-state index in [-0.39, 0.29) is 34.7 Å². The normalized spacial score (nSPS) is 35.6. The second-order valence-corrected chi connectivity index (χ2v) is 10.9. The van der Waals surface area contributed by atoms with Crippen LogP contribution in [0.2, 0.25) is 0 Å². The van der Waals surface area contributed by atoms with Crippen LogP contribution in [-0.2, 0) is 14.3 Å². The van der Waals surface area contributed by atoms with Gasteiger partial charge in [0.05, 0.1) is 25.0 Å². The number of hydrogen-bond acceptors (Lipinski definition) is 4. The monoisotopic (exact) mass is 444 g/mol. The van der Waals surface area contributed by atoms with Crippen molar-refractivity contribution in [3.8, 4) is 0 Å². The van der Waals surface area contributed by atoms with Crippen LogP contribution in [0.25, 0.3) is 0 Å². The Morgan fingerprint density at radius 3 is 2.75 bits per heavy atom. The van der Waals surface area contributed by atoms with Crippen LogP contribution in [0, 0.1) is 28.5 Å². The number of rotatable bonds is 5. The molecule has 176 valence electrons. The first kappa shape index (κ1) is 22.1. The first-order valence-corrected chi connectivity index (χ1v) is 12.4. The minimum absolute atomic E-state index is 0.0415. The summed E-state index contributed by atoms with van der Waals surface area (Å²) in [4.78, 5) is 14.7. The summed E-state index contributed by atoms with van der Waals surface area (Å²) in [7, 11) is 0. The van der Waals surface area contributed by atoms with Crippen molar-refractivity contribution in [2.45, 2.75) is 65.0 Å². The van der Waals surface area contributed by atoms with Gasteiger partial charge in [-0.1, -0.05) is 26.8 Å². The molecule has 0 aromatic heterocycles. The van der Waals surface area contributed by atoms with Crippen LogP contribution in [0.1, 0.15) is 64.5 Å². The third kappa shape index (κ3) is 3.45. The number of hydrogen-bond donors (Lipinski definition) is 1. The highest BCUT2D eigenvalue weighted by Gasteiger charge is 2.68. The molecule has 5 atom stereocenters. The number of nitrogens with one attached hydrogen (secondary N) is 1. The maximum absolute atomic E-state index is 15.2. The van der Waals surface area contributed by atoms with Gasteiger partial charge in [-0.2, -0.15) is 0 Å².